The molecule has 0 aliphatic rings. The van der Waals surface area contributed by atoms with Crippen LogP contribution in [0.5, 0.6) is 0 Å². The minimum absolute atomic E-state index is 0.0213. The van der Waals surface area contributed by atoms with Crippen LogP contribution in [0.15, 0.2) is 48.5 Å². The molecule has 0 aliphatic heterocycles. The Labute approximate surface area is 239 Å². The van der Waals surface area contributed by atoms with Crippen LogP contribution in [0.3, 0.4) is 0 Å². The van der Waals surface area contributed by atoms with Crippen LogP contribution in [0.1, 0.15) is 41.6 Å². The third kappa shape index (κ3) is 7.57. The Hall–Kier alpha value is -3.97. The number of H-pyrrole nitrogens is 1. The fraction of sp³-hybridized carbons (Fsp3) is 0.346. The van der Waals surface area contributed by atoms with Gasteiger partial charge in [0.15, 0.2) is 10.8 Å². The number of nitrogens with one attached hydrogen (secondary N) is 1. The number of carbonyl (C=O) groups is 1. The van der Waals surface area contributed by atoms with Crippen molar-refractivity contribution < 1.29 is 19.5 Å². The molecule has 0 saturated carbocycles. The lowest BCUT2D eigenvalue weighted by Gasteiger charge is -2.13. The Balaban J connectivity index is 1.48. The number of carbonyl (C=O) groups excluding carboxylic acids is 1. The van der Waals surface area contributed by atoms with Crippen molar-refractivity contribution in [3.05, 3.63) is 80.9 Å². The standard InChI is InChI=1S/C26H28ClN7O5S/c1-2-3-8-22-28-24(27)23(26(35)38-13-15-40-16-14-39-34(36)37)33(22)17-18-9-11-19(12-10-18)20-6-4-5-7-21(20)25-29-31-32-30-25/h4-7,9-12H,2-3,8,13-17H2,1H3,(H,29,30,31,32). The molecule has 0 spiro atoms. The van der Waals surface area contributed by atoms with Gasteiger partial charge in [-0.25, -0.2) is 9.78 Å². The van der Waals surface area contributed by atoms with Gasteiger partial charge in [-0.2, -0.15) is 17.0 Å². The number of rotatable bonds is 15. The number of nitrogens with zero attached hydrogens (tertiary/aromatic N) is 6. The van der Waals surface area contributed by atoms with Gasteiger partial charge >= 0.3 is 5.97 Å². The van der Waals surface area contributed by atoms with Crippen LogP contribution >= 0.6 is 23.4 Å². The fourth-order valence-corrected chi connectivity index (χ4v) is 4.94. The number of tetrazole rings is 1. The van der Waals surface area contributed by atoms with Crippen LogP contribution in [-0.4, -0.2) is 66.0 Å². The van der Waals surface area contributed by atoms with Crippen molar-refractivity contribution in [1.82, 2.24) is 30.2 Å². The molecule has 4 aromatic rings. The summed E-state index contributed by atoms with van der Waals surface area (Å²) in [5, 5.41) is 23.9. The third-order valence-corrected chi connectivity index (χ3v) is 7.13. The van der Waals surface area contributed by atoms with E-state index in [0.717, 1.165) is 40.9 Å². The van der Waals surface area contributed by atoms with Gasteiger partial charge in [-0.15, -0.1) is 20.3 Å². The van der Waals surface area contributed by atoms with Crippen LogP contribution < -0.4 is 0 Å². The number of esters is 1. The monoisotopic (exact) mass is 585 g/mol. The largest absolute Gasteiger partial charge is 0.460 e. The molecule has 210 valence electrons. The summed E-state index contributed by atoms with van der Waals surface area (Å²) in [5.41, 5.74) is 3.99. The molecule has 2 aromatic carbocycles. The van der Waals surface area contributed by atoms with Crippen LogP contribution in [0.4, 0.5) is 0 Å². The molecule has 0 saturated heterocycles. The third-order valence-electron chi connectivity index (χ3n) is 5.96. The lowest BCUT2D eigenvalue weighted by Crippen LogP contribution is -2.17. The van der Waals surface area contributed by atoms with Crippen LogP contribution in [0.2, 0.25) is 5.15 Å². The smallest absolute Gasteiger partial charge is 0.358 e. The Kier molecular flexibility index (Phi) is 10.5. The summed E-state index contributed by atoms with van der Waals surface area (Å²) >= 11 is 7.82. The number of ether oxygens (including phenoxy) is 1. The molecule has 4 rings (SSSR count). The summed E-state index contributed by atoms with van der Waals surface area (Å²) in [7, 11) is 0. The summed E-state index contributed by atoms with van der Waals surface area (Å²) in [6.45, 7) is 2.58. The van der Waals surface area contributed by atoms with Crippen molar-refractivity contribution in [2.24, 2.45) is 0 Å². The van der Waals surface area contributed by atoms with Gasteiger partial charge in [0.2, 0.25) is 5.82 Å². The van der Waals surface area contributed by atoms with E-state index in [1.807, 2.05) is 53.1 Å². The van der Waals surface area contributed by atoms with Gasteiger partial charge < -0.3 is 14.1 Å². The van der Waals surface area contributed by atoms with Gasteiger partial charge in [0.1, 0.15) is 19.0 Å². The number of thioether (sulfide) groups is 1. The van der Waals surface area contributed by atoms with E-state index in [4.69, 9.17) is 16.3 Å². The second-order valence-electron chi connectivity index (χ2n) is 8.64. The SMILES string of the molecule is CCCCc1nc(Cl)c(C(=O)OCCSCCO[N+](=O)[O-])n1Cc1ccc(-c2ccccc2-c2nn[nH]n2)cc1. The maximum absolute atomic E-state index is 13.0. The summed E-state index contributed by atoms with van der Waals surface area (Å²) in [6.07, 6.45) is 2.54. The first-order chi connectivity index (χ1) is 19.5. The Morgan fingerprint density at radius 1 is 1.12 bits per heavy atom. The molecule has 0 unspecified atom stereocenters. The van der Waals surface area contributed by atoms with Gasteiger partial charge in [0, 0.05) is 30.0 Å². The zero-order valence-corrected chi connectivity index (χ0v) is 23.4. The van der Waals surface area contributed by atoms with E-state index in [1.165, 1.54) is 11.8 Å². The quantitative estimate of drug-likeness (QED) is 0.0884. The first kappa shape index (κ1) is 29.0. The number of benzene rings is 2. The molecular formula is C26H28ClN7O5S. The number of unbranched alkanes of at least 4 members (excludes halogenated alkanes) is 1. The average Bonchev–Trinajstić information content (AvgIpc) is 3.60. The Bertz CT molecular complexity index is 1410. The van der Waals surface area contributed by atoms with E-state index in [2.05, 4.69) is 37.4 Å². The van der Waals surface area contributed by atoms with Crippen molar-refractivity contribution in [2.45, 2.75) is 32.7 Å². The maximum atomic E-state index is 13.0. The molecule has 14 heteroatoms. The van der Waals surface area contributed by atoms with E-state index in [9.17, 15) is 14.9 Å². The molecule has 0 fully saturated rings. The molecule has 0 radical (unpaired) electrons. The van der Waals surface area contributed by atoms with E-state index in [1.54, 1.807) is 0 Å². The Morgan fingerprint density at radius 3 is 2.58 bits per heavy atom. The summed E-state index contributed by atoms with van der Waals surface area (Å²) in [4.78, 5) is 32.0. The number of aryl methyl sites for hydroxylation is 1. The highest BCUT2D eigenvalue weighted by atomic mass is 35.5. The van der Waals surface area contributed by atoms with Crippen molar-refractivity contribution in [1.29, 1.82) is 0 Å². The second-order valence-corrected chi connectivity index (χ2v) is 10.2. The van der Waals surface area contributed by atoms with E-state index >= 15 is 0 Å². The van der Waals surface area contributed by atoms with E-state index < -0.39 is 11.1 Å². The van der Waals surface area contributed by atoms with Crippen molar-refractivity contribution in [3.63, 3.8) is 0 Å². The predicted molar refractivity (Wildman–Crippen MR) is 151 cm³/mol. The van der Waals surface area contributed by atoms with Crippen molar-refractivity contribution in [2.75, 3.05) is 24.7 Å². The first-order valence-electron chi connectivity index (χ1n) is 12.7. The molecule has 2 aromatic heterocycles. The number of hydrogen-bond acceptors (Lipinski definition) is 10. The molecule has 0 bridgehead atoms. The van der Waals surface area contributed by atoms with Gasteiger partial charge in [-0.05, 0) is 28.3 Å². The second kappa shape index (κ2) is 14.4. The van der Waals surface area contributed by atoms with Crippen molar-refractivity contribution >= 4 is 29.3 Å². The highest BCUT2D eigenvalue weighted by Gasteiger charge is 2.23. The average molecular weight is 586 g/mol. The van der Waals surface area contributed by atoms with E-state index in [0.29, 0.717) is 30.3 Å². The number of hydrogen-bond donors (Lipinski definition) is 1. The van der Waals surface area contributed by atoms with Gasteiger partial charge in [-0.1, -0.05) is 73.5 Å². The Morgan fingerprint density at radius 2 is 1.88 bits per heavy atom. The molecule has 0 atom stereocenters. The topological polar surface area (TPSA) is 151 Å². The van der Waals surface area contributed by atoms with Crippen molar-refractivity contribution in [3.8, 4) is 22.5 Å². The van der Waals surface area contributed by atoms with Gasteiger partial charge in [-0.3, -0.25) is 0 Å². The number of imidazole rings is 1. The van der Waals surface area contributed by atoms with Gasteiger partial charge in [0.25, 0.3) is 5.09 Å². The van der Waals surface area contributed by atoms with Gasteiger partial charge in [0.05, 0.1) is 0 Å². The minimum Gasteiger partial charge on any atom is -0.460 e. The summed E-state index contributed by atoms with van der Waals surface area (Å²) in [6, 6.07) is 15.8. The minimum atomic E-state index is -0.831. The maximum Gasteiger partial charge on any atom is 0.358 e. The number of aromatic amines is 1. The zero-order valence-electron chi connectivity index (χ0n) is 21.8. The lowest BCUT2D eigenvalue weighted by molar-refractivity contribution is -0.756. The molecule has 0 amide bonds. The molecule has 40 heavy (non-hydrogen) atoms. The normalized spacial score (nSPS) is 10.9. The van der Waals surface area contributed by atoms with Crippen LogP contribution in [-0.2, 0) is 22.5 Å². The zero-order chi connectivity index (χ0) is 28.3. The molecule has 0 aliphatic carbocycles. The van der Waals surface area contributed by atoms with E-state index in [-0.39, 0.29) is 24.1 Å². The molecule has 12 nitrogen and oxygen atoms in total. The summed E-state index contributed by atoms with van der Waals surface area (Å²) < 4.78 is 7.28. The van der Waals surface area contributed by atoms with Crippen LogP contribution in [0, 0.1) is 10.1 Å². The molecular weight excluding hydrogens is 558 g/mol. The molecule has 1 N–H and O–H groups in total. The first-order valence-corrected chi connectivity index (χ1v) is 14.2. The highest BCUT2D eigenvalue weighted by Crippen LogP contribution is 2.30. The number of aromatic nitrogens is 6. The number of halogens is 1. The summed E-state index contributed by atoms with van der Waals surface area (Å²) in [5.74, 6) is 1.55. The highest BCUT2D eigenvalue weighted by molar-refractivity contribution is 7.99. The van der Waals surface area contributed by atoms with Crippen LogP contribution in [0.25, 0.3) is 22.5 Å². The molecule has 2 heterocycles. The fourth-order valence-electron chi connectivity index (χ4n) is 4.07. The predicted octanol–water partition coefficient (Wildman–Crippen LogP) is 4.87. The lowest BCUT2D eigenvalue weighted by atomic mass is 9.98.